The van der Waals surface area contributed by atoms with E-state index in [4.69, 9.17) is 11.6 Å². The predicted molar refractivity (Wildman–Crippen MR) is 62.1 cm³/mol. The van der Waals surface area contributed by atoms with Crippen LogP contribution in [-0.4, -0.2) is 26.0 Å². The van der Waals surface area contributed by atoms with E-state index in [9.17, 15) is 4.79 Å². The molecule has 1 aromatic carbocycles. The van der Waals surface area contributed by atoms with Crippen molar-refractivity contribution in [3.05, 3.63) is 34.9 Å². The van der Waals surface area contributed by atoms with Crippen molar-refractivity contribution in [2.75, 3.05) is 20.1 Å². The van der Waals surface area contributed by atoms with E-state index in [1.807, 2.05) is 19.2 Å². The monoisotopic (exact) mass is 226 g/mol. The highest BCUT2D eigenvalue weighted by molar-refractivity contribution is 6.30. The number of amides is 1. The Morgan fingerprint density at radius 3 is 2.87 bits per heavy atom. The van der Waals surface area contributed by atoms with E-state index in [-0.39, 0.29) is 5.91 Å². The first-order valence-corrected chi connectivity index (χ1v) is 5.26. The van der Waals surface area contributed by atoms with Gasteiger partial charge in [0, 0.05) is 18.1 Å². The number of carbonyl (C=O) groups is 1. The molecule has 0 aliphatic carbocycles. The molecule has 0 bridgehead atoms. The molecule has 0 aliphatic heterocycles. The molecule has 0 unspecified atom stereocenters. The minimum absolute atomic E-state index is 0.0208. The van der Waals surface area contributed by atoms with Crippen molar-refractivity contribution in [3.63, 3.8) is 0 Å². The Labute approximate surface area is 94.8 Å². The molecule has 0 saturated carbocycles. The first-order chi connectivity index (χ1) is 7.22. The van der Waals surface area contributed by atoms with Gasteiger partial charge in [-0.15, -0.1) is 0 Å². The largest absolute Gasteiger partial charge is 0.355 e. The highest BCUT2D eigenvalue weighted by Crippen LogP contribution is 2.10. The third kappa shape index (κ3) is 4.81. The van der Waals surface area contributed by atoms with Gasteiger partial charge in [-0.3, -0.25) is 4.79 Å². The highest BCUT2D eigenvalue weighted by atomic mass is 35.5. The van der Waals surface area contributed by atoms with Crippen LogP contribution in [0.3, 0.4) is 0 Å². The molecule has 0 fully saturated rings. The van der Waals surface area contributed by atoms with Crippen LogP contribution in [-0.2, 0) is 11.2 Å². The van der Waals surface area contributed by atoms with Crippen molar-refractivity contribution in [2.24, 2.45) is 0 Å². The number of hydrogen-bond donors (Lipinski definition) is 2. The van der Waals surface area contributed by atoms with Gasteiger partial charge in [0.15, 0.2) is 0 Å². The molecule has 0 aliphatic rings. The predicted octanol–water partition coefficient (Wildman–Crippen LogP) is 1.22. The van der Waals surface area contributed by atoms with Crippen molar-refractivity contribution >= 4 is 17.5 Å². The van der Waals surface area contributed by atoms with E-state index in [1.165, 1.54) is 0 Å². The number of carbonyl (C=O) groups excluding carboxylic acids is 1. The van der Waals surface area contributed by atoms with Crippen LogP contribution in [0, 0.1) is 0 Å². The maximum atomic E-state index is 11.4. The topological polar surface area (TPSA) is 41.1 Å². The van der Waals surface area contributed by atoms with Crippen molar-refractivity contribution in [1.82, 2.24) is 10.6 Å². The Hall–Kier alpha value is -1.06. The molecule has 1 amide bonds. The first kappa shape index (κ1) is 12.0. The third-order valence-corrected chi connectivity index (χ3v) is 2.19. The summed E-state index contributed by atoms with van der Waals surface area (Å²) in [4.78, 5) is 11.4. The molecule has 1 aromatic rings. The zero-order valence-corrected chi connectivity index (χ0v) is 9.47. The van der Waals surface area contributed by atoms with Gasteiger partial charge in [-0.05, 0) is 24.7 Å². The molecule has 0 spiro atoms. The summed E-state index contributed by atoms with van der Waals surface area (Å²) >= 11 is 5.81. The van der Waals surface area contributed by atoms with Gasteiger partial charge >= 0.3 is 0 Å². The van der Waals surface area contributed by atoms with E-state index >= 15 is 0 Å². The van der Waals surface area contributed by atoms with E-state index in [1.54, 1.807) is 12.1 Å². The summed E-state index contributed by atoms with van der Waals surface area (Å²) in [6.45, 7) is 1.43. The molecule has 2 N–H and O–H groups in total. The second kappa shape index (κ2) is 6.43. The lowest BCUT2D eigenvalue weighted by atomic mass is 10.1. The average molecular weight is 227 g/mol. The molecule has 15 heavy (non-hydrogen) atoms. The lowest BCUT2D eigenvalue weighted by molar-refractivity contribution is -0.120. The smallest absolute Gasteiger partial charge is 0.224 e. The number of nitrogens with one attached hydrogen (secondary N) is 2. The van der Waals surface area contributed by atoms with Gasteiger partial charge in [0.2, 0.25) is 5.91 Å². The summed E-state index contributed by atoms with van der Waals surface area (Å²) in [6.07, 6.45) is 0.379. The summed E-state index contributed by atoms with van der Waals surface area (Å²) in [5, 5.41) is 6.43. The standard InChI is InChI=1S/C11H15ClN2O/c1-13-5-6-14-11(15)8-9-3-2-4-10(12)7-9/h2-4,7,13H,5-6,8H2,1H3,(H,14,15). The maximum Gasteiger partial charge on any atom is 0.224 e. The van der Waals surface area contributed by atoms with Crippen LogP contribution < -0.4 is 10.6 Å². The number of rotatable bonds is 5. The van der Waals surface area contributed by atoms with Gasteiger partial charge in [0.1, 0.15) is 0 Å². The SMILES string of the molecule is CNCCNC(=O)Cc1cccc(Cl)c1. The summed E-state index contributed by atoms with van der Waals surface area (Å²) in [5.74, 6) is 0.0208. The van der Waals surface area contributed by atoms with Crippen LogP contribution in [0.1, 0.15) is 5.56 Å². The van der Waals surface area contributed by atoms with E-state index in [0.717, 1.165) is 12.1 Å². The van der Waals surface area contributed by atoms with Gasteiger partial charge in [-0.1, -0.05) is 23.7 Å². The van der Waals surface area contributed by atoms with Crippen LogP contribution in [0.2, 0.25) is 5.02 Å². The third-order valence-electron chi connectivity index (χ3n) is 1.95. The fourth-order valence-electron chi connectivity index (χ4n) is 1.22. The summed E-state index contributed by atoms with van der Waals surface area (Å²) in [6, 6.07) is 7.34. The first-order valence-electron chi connectivity index (χ1n) is 4.88. The molecule has 0 aromatic heterocycles. The fraction of sp³-hybridized carbons (Fsp3) is 0.364. The Bertz CT molecular complexity index is 328. The Kier molecular flexibility index (Phi) is 5.15. The second-order valence-corrected chi connectivity index (χ2v) is 3.70. The molecule has 0 heterocycles. The van der Waals surface area contributed by atoms with Gasteiger partial charge < -0.3 is 10.6 Å². The van der Waals surface area contributed by atoms with E-state index in [0.29, 0.717) is 18.0 Å². The zero-order valence-electron chi connectivity index (χ0n) is 8.72. The molecule has 4 heteroatoms. The van der Waals surface area contributed by atoms with Crippen molar-refractivity contribution in [3.8, 4) is 0 Å². The van der Waals surface area contributed by atoms with Crippen LogP contribution in [0.4, 0.5) is 0 Å². The van der Waals surface area contributed by atoms with Gasteiger partial charge in [0.25, 0.3) is 0 Å². The summed E-state index contributed by atoms with van der Waals surface area (Å²) < 4.78 is 0. The fourth-order valence-corrected chi connectivity index (χ4v) is 1.43. The molecule has 0 radical (unpaired) electrons. The van der Waals surface area contributed by atoms with Crippen molar-refractivity contribution in [1.29, 1.82) is 0 Å². The minimum atomic E-state index is 0.0208. The van der Waals surface area contributed by atoms with Gasteiger partial charge in [-0.2, -0.15) is 0 Å². The quantitative estimate of drug-likeness (QED) is 0.742. The van der Waals surface area contributed by atoms with E-state index < -0.39 is 0 Å². The molecule has 0 atom stereocenters. The number of benzene rings is 1. The minimum Gasteiger partial charge on any atom is -0.355 e. The van der Waals surface area contributed by atoms with Crippen LogP contribution in [0.15, 0.2) is 24.3 Å². The molecule has 0 saturated heterocycles. The lowest BCUT2D eigenvalue weighted by Gasteiger charge is -2.04. The summed E-state index contributed by atoms with van der Waals surface area (Å²) in [5.41, 5.74) is 0.935. The zero-order chi connectivity index (χ0) is 11.1. The maximum absolute atomic E-state index is 11.4. The Morgan fingerprint density at radius 1 is 1.40 bits per heavy atom. The highest BCUT2D eigenvalue weighted by Gasteiger charge is 2.02. The lowest BCUT2D eigenvalue weighted by Crippen LogP contribution is -2.31. The normalized spacial score (nSPS) is 10.0. The molecular formula is C11H15ClN2O. The molecule has 3 nitrogen and oxygen atoms in total. The molecule has 82 valence electrons. The second-order valence-electron chi connectivity index (χ2n) is 3.26. The van der Waals surface area contributed by atoms with Crippen LogP contribution in [0.25, 0.3) is 0 Å². The van der Waals surface area contributed by atoms with Crippen LogP contribution in [0.5, 0.6) is 0 Å². The number of likely N-dealkylation sites (N-methyl/N-ethyl adjacent to an activating group) is 1. The van der Waals surface area contributed by atoms with Crippen molar-refractivity contribution in [2.45, 2.75) is 6.42 Å². The van der Waals surface area contributed by atoms with Gasteiger partial charge in [-0.25, -0.2) is 0 Å². The average Bonchev–Trinajstić information content (AvgIpc) is 2.18. The molecular weight excluding hydrogens is 212 g/mol. The van der Waals surface area contributed by atoms with E-state index in [2.05, 4.69) is 10.6 Å². The summed E-state index contributed by atoms with van der Waals surface area (Å²) in [7, 11) is 1.85. The molecule has 1 rings (SSSR count). The van der Waals surface area contributed by atoms with Crippen molar-refractivity contribution < 1.29 is 4.79 Å². The van der Waals surface area contributed by atoms with Gasteiger partial charge in [0.05, 0.1) is 6.42 Å². The number of hydrogen-bond acceptors (Lipinski definition) is 2. The Balaban J connectivity index is 2.37. The Morgan fingerprint density at radius 2 is 2.20 bits per heavy atom. The van der Waals surface area contributed by atoms with Crippen LogP contribution >= 0.6 is 11.6 Å². The number of halogens is 1.